The Bertz CT molecular complexity index is 1470. The van der Waals surface area contributed by atoms with Crippen molar-refractivity contribution in [2.75, 3.05) is 20.7 Å². The van der Waals surface area contributed by atoms with Crippen LogP contribution in [0.2, 0.25) is 0 Å². The first-order valence-electron chi connectivity index (χ1n) is 15.2. The molecule has 0 spiro atoms. The van der Waals surface area contributed by atoms with Crippen molar-refractivity contribution >= 4 is 11.9 Å². The molecule has 1 atom stereocenters. The molecule has 1 amide bonds. The maximum Gasteiger partial charge on any atom is 0.326 e. The van der Waals surface area contributed by atoms with E-state index in [9.17, 15) is 14.7 Å². The van der Waals surface area contributed by atoms with Gasteiger partial charge in [0.15, 0.2) is 5.82 Å². The van der Waals surface area contributed by atoms with E-state index < -0.39 is 17.9 Å². The average Bonchev–Trinajstić information content (AvgIpc) is 3.03. The number of nitrogens with zero attached hydrogens (tertiary/aromatic N) is 3. The molecule has 44 heavy (non-hydrogen) atoms. The van der Waals surface area contributed by atoms with E-state index in [0.29, 0.717) is 11.4 Å². The highest BCUT2D eigenvalue weighted by Gasteiger charge is 2.21. The number of aromatic nitrogens is 2. The molecular formula is C36H42N4O4. The number of carboxylic acids is 1. The summed E-state index contributed by atoms with van der Waals surface area (Å²) in [5.41, 5.74) is 5.01. The predicted molar refractivity (Wildman–Crippen MR) is 174 cm³/mol. The molecule has 0 aliphatic heterocycles. The van der Waals surface area contributed by atoms with E-state index in [1.54, 1.807) is 24.5 Å². The Hall–Kier alpha value is -4.56. The Balaban J connectivity index is 1.31. The fourth-order valence-corrected chi connectivity index (χ4v) is 4.86. The molecule has 1 aromatic heterocycles. The number of carbonyl (C=O) groups is 2. The van der Waals surface area contributed by atoms with Gasteiger partial charge in [-0.3, -0.25) is 4.79 Å². The summed E-state index contributed by atoms with van der Waals surface area (Å²) in [6.45, 7) is 3.71. The van der Waals surface area contributed by atoms with Gasteiger partial charge in [0.1, 0.15) is 11.8 Å². The molecule has 8 heteroatoms. The summed E-state index contributed by atoms with van der Waals surface area (Å²) in [5.74, 6) is -0.0727. The molecule has 0 fully saturated rings. The number of nitrogens with one attached hydrogen (secondary N) is 1. The molecule has 2 N–H and O–H groups in total. The molecule has 4 aromatic rings. The number of rotatable bonds is 16. The number of hydrogen-bond acceptors (Lipinski definition) is 6. The molecule has 0 saturated carbocycles. The first-order chi connectivity index (χ1) is 21.3. The molecule has 230 valence electrons. The zero-order chi connectivity index (χ0) is 31.3. The summed E-state index contributed by atoms with van der Waals surface area (Å²) >= 11 is 0. The van der Waals surface area contributed by atoms with Crippen LogP contribution < -0.4 is 10.1 Å². The zero-order valence-corrected chi connectivity index (χ0v) is 25.8. The molecule has 4 rings (SSSR count). The smallest absolute Gasteiger partial charge is 0.326 e. The second-order valence-electron chi connectivity index (χ2n) is 11.3. The molecule has 0 aliphatic carbocycles. The van der Waals surface area contributed by atoms with Gasteiger partial charge >= 0.3 is 5.97 Å². The average molecular weight is 595 g/mol. The second kappa shape index (κ2) is 16.3. The minimum Gasteiger partial charge on any atom is -0.494 e. The van der Waals surface area contributed by atoms with Gasteiger partial charge in [-0.05, 0) is 61.5 Å². The minimum absolute atomic E-state index is 0.151. The van der Waals surface area contributed by atoms with E-state index in [1.807, 2.05) is 79.7 Å². The standard InChI is InChI=1S/C36H42N4O4/c1-4-5-6-7-8-21-44-32-19-17-28(18-20-32)31-23-37-34(38-24-31)29-13-9-26(10-14-29)22-33(36(42)43)39-35(41)30-15-11-27(12-16-30)25-40(2)3/h9-20,23-24,33H,4-8,21-22,25H2,1-3H3,(H,39,41)(H,42,43)/t33-/m0/s1. The van der Waals surface area contributed by atoms with Gasteiger partial charge in [-0.25, -0.2) is 14.8 Å². The van der Waals surface area contributed by atoms with Crippen LogP contribution in [0.1, 0.15) is 60.5 Å². The highest BCUT2D eigenvalue weighted by Crippen LogP contribution is 2.24. The zero-order valence-electron chi connectivity index (χ0n) is 25.8. The van der Waals surface area contributed by atoms with Gasteiger partial charge in [0.25, 0.3) is 5.91 Å². The van der Waals surface area contributed by atoms with Gasteiger partial charge < -0.3 is 20.1 Å². The minimum atomic E-state index is -1.09. The summed E-state index contributed by atoms with van der Waals surface area (Å²) in [4.78, 5) is 35.8. The summed E-state index contributed by atoms with van der Waals surface area (Å²) in [6, 6.07) is 21.5. The number of ether oxygens (including phenoxy) is 1. The molecular weight excluding hydrogens is 552 g/mol. The van der Waals surface area contributed by atoms with E-state index in [1.165, 1.54) is 25.7 Å². The topological polar surface area (TPSA) is 105 Å². The normalized spacial score (nSPS) is 11.7. The Morgan fingerprint density at radius 3 is 2.02 bits per heavy atom. The Morgan fingerprint density at radius 1 is 0.795 bits per heavy atom. The van der Waals surface area contributed by atoms with E-state index in [4.69, 9.17) is 4.74 Å². The van der Waals surface area contributed by atoms with Gasteiger partial charge in [-0.15, -0.1) is 0 Å². The number of amides is 1. The maximum absolute atomic E-state index is 12.7. The molecule has 3 aromatic carbocycles. The van der Waals surface area contributed by atoms with Crippen LogP contribution in [-0.4, -0.2) is 58.6 Å². The van der Waals surface area contributed by atoms with Crippen molar-refractivity contribution in [2.24, 2.45) is 0 Å². The molecule has 0 radical (unpaired) electrons. The van der Waals surface area contributed by atoms with Gasteiger partial charge in [0, 0.05) is 42.0 Å². The van der Waals surface area contributed by atoms with Crippen LogP contribution in [0.3, 0.4) is 0 Å². The van der Waals surface area contributed by atoms with Crippen LogP contribution in [0.5, 0.6) is 5.75 Å². The number of carbonyl (C=O) groups excluding carboxylic acids is 1. The highest BCUT2D eigenvalue weighted by atomic mass is 16.5. The monoisotopic (exact) mass is 594 g/mol. The van der Waals surface area contributed by atoms with Crippen LogP contribution in [0.4, 0.5) is 0 Å². The van der Waals surface area contributed by atoms with Crippen LogP contribution in [0, 0.1) is 0 Å². The quantitative estimate of drug-likeness (QED) is 0.140. The lowest BCUT2D eigenvalue weighted by atomic mass is 10.0. The van der Waals surface area contributed by atoms with Gasteiger partial charge in [-0.2, -0.15) is 0 Å². The van der Waals surface area contributed by atoms with E-state index >= 15 is 0 Å². The molecule has 0 bridgehead atoms. The summed E-state index contributed by atoms with van der Waals surface area (Å²) in [5, 5.41) is 12.4. The number of aliphatic carboxylic acids is 1. The van der Waals surface area contributed by atoms with Gasteiger partial charge in [0.05, 0.1) is 6.61 Å². The number of hydrogen-bond donors (Lipinski definition) is 2. The molecule has 1 heterocycles. The predicted octanol–water partition coefficient (Wildman–Crippen LogP) is 6.65. The van der Waals surface area contributed by atoms with E-state index in [0.717, 1.165) is 53.1 Å². The number of carboxylic acid groups (broad SMARTS) is 1. The fourth-order valence-electron chi connectivity index (χ4n) is 4.86. The SMILES string of the molecule is CCCCCCCOc1ccc(-c2cnc(-c3ccc(C[C@H](NC(=O)c4ccc(CN(C)C)cc4)C(=O)O)cc3)nc2)cc1. The van der Waals surface area contributed by atoms with Crippen molar-refractivity contribution in [1.29, 1.82) is 0 Å². The lowest BCUT2D eigenvalue weighted by Gasteiger charge is -2.15. The third kappa shape index (κ3) is 9.74. The van der Waals surface area contributed by atoms with Crippen LogP contribution in [0.15, 0.2) is 85.2 Å². The summed E-state index contributed by atoms with van der Waals surface area (Å²) in [6.07, 6.45) is 9.80. The van der Waals surface area contributed by atoms with Gasteiger partial charge in [0.2, 0.25) is 0 Å². The lowest BCUT2D eigenvalue weighted by molar-refractivity contribution is -0.139. The first kappa shape index (κ1) is 32.4. The molecule has 0 saturated heterocycles. The van der Waals surface area contributed by atoms with E-state index in [-0.39, 0.29) is 6.42 Å². The second-order valence-corrected chi connectivity index (χ2v) is 11.3. The summed E-state index contributed by atoms with van der Waals surface area (Å²) in [7, 11) is 3.95. The Labute approximate surface area is 260 Å². The van der Waals surface area contributed by atoms with Crippen molar-refractivity contribution in [3.05, 3.63) is 102 Å². The van der Waals surface area contributed by atoms with Gasteiger partial charge in [-0.1, -0.05) is 81.1 Å². The first-order valence-corrected chi connectivity index (χ1v) is 15.2. The third-order valence-electron chi connectivity index (χ3n) is 7.33. The third-order valence-corrected chi connectivity index (χ3v) is 7.33. The van der Waals surface area contributed by atoms with Crippen molar-refractivity contribution in [2.45, 2.75) is 58.0 Å². The summed E-state index contributed by atoms with van der Waals surface area (Å²) < 4.78 is 5.87. The van der Waals surface area contributed by atoms with Crippen molar-refractivity contribution in [3.63, 3.8) is 0 Å². The number of benzene rings is 3. The molecule has 8 nitrogen and oxygen atoms in total. The lowest BCUT2D eigenvalue weighted by Crippen LogP contribution is -2.42. The fraction of sp³-hybridized carbons (Fsp3) is 0.333. The van der Waals surface area contributed by atoms with Crippen molar-refractivity contribution in [1.82, 2.24) is 20.2 Å². The number of unbranched alkanes of at least 4 members (excludes halogenated alkanes) is 4. The molecule has 0 aliphatic rings. The molecule has 0 unspecified atom stereocenters. The van der Waals surface area contributed by atoms with E-state index in [2.05, 4.69) is 22.2 Å². The van der Waals surface area contributed by atoms with Crippen molar-refractivity contribution in [3.8, 4) is 28.3 Å². The van der Waals surface area contributed by atoms with Crippen LogP contribution in [-0.2, 0) is 17.8 Å². The Morgan fingerprint density at radius 2 is 1.41 bits per heavy atom. The Kier molecular flexibility index (Phi) is 12.0. The highest BCUT2D eigenvalue weighted by molar-refractivity contribution is 5.96. The van der Waals surface area contributed by atoms with Crippen LogP contribution in [0.25, 0.3) is 22.5 Å². The van der Waals surface area contributed by atoms with Crippen LogP contribution >= 0.6 is 0 Å². The van der Waals surface area contributed by atoms with Crippen molar-refractivity contribution < 1.29 is 19.4 Å². The largest absolute Gasteiger partial charge is 0.494 e. The maximum atomic E-state index is 12.7.